The summed E-state index contributed by atoms with van der Waals surface area (Å²) in [7, 11) is 1.79. The maximum Gasteiger partial charge on any atom is 0.260 e. The van der Waals surface area contributed by atoms with Crippen molar-refractivity contribution in [2.75, 3.05) is 10.6 Å². The van der Waals surface area contributed by atoms with Crippen LogP contribution in [0, 0.1) is 19.3 Å². The fourth-order valence-electron chi connectivity index (χ4n) is 4.14. The van der Waals surface area contributed by atoms with Crippen molar-refractivity contribution < 1.29 is 9.53 Å². The van der Waals surface area contributed by atoms with Crippen molar-refractivity contribution in [2.45, 2.75) is 26.7 Å². The Bertz CT molecular complexity index is 1500. The smallest absolute Gasteiger partial charge is 0.260 e. The van der Waals surface area contributed by atoms with E-state index >= 15 is 0 Å². The SMILES string of the molecule is C#Cc1cnc(CN(C(=O)c2cc3c4c(c(N)nc3cc2Cl)COC4)c2cnn(C)c2)cc1C. The van der Waals surface area contributed by atoms with E-state index in [9.17, 15) is 4.79 Å². The number of aromatic nitrogens is 4. The Morgan fingerprint density at radius 1 is 1.29 bits per heavy atom. The highest BCUT2D eigenvalue weighted by Gasteiger charge is 2.26. The van der Waals surface area contributed by atoms with Gasteiger partial charge in [-0.15, -0.1) is 6.42 Å². The maximum atomic E-state index is 13.9. The van der Waals surface area contributed by atoms with E-state index in [4.69, 9.17) is 28.5 Å². The number of halogens is 1. The van der Waals surface area contributed by atoms with Crippen LogP contribution in [0.5, 0.6) is 0 Å². The minimum absolute atomic E-state index is 0.214. The summed E-state index contributed by atoms with van der Waals surface area (Å²) >= 11 is 6.59. The number of fused-ring (bicyclic) bond motifs is 3. The van der Waals surface area contributed by atoms with E-state index in [1.165, 1.54) is 0 Å². The number of amides is 1. The summed E-state index contributed by atoms with van der Waals surface area (Å²) < 4.78 is 7.21. The second-order valence-corrected chi connectivity index (χ2v) is 8.60. The van der Waals surface area contributed by atoms with Gasteiger partial charge in [-0.05, 0) is 36.2 Å². The predicted molar refractivity (Wildman–Crippen MR) is 130 cm³/mol. The standard InChI is InChI=1S/C25H21ClN6O2/c1-4-15-8-28-16(5-14(15)2)10-32(17-9-29-31(3)11-17)25(33)19-6-18-20-12-34-13-21(20)24(27)30-23(18)7-22(19)26/h1,5-9,11H,10,12-13H2,2-3H3,(H2,27,30). The van der Waals surface area contributed by atoms with Gasteiger partial charge in [0.15, 0.2) is 0 Å². The summed E-state index contributed by atoms with van der Waals surface area (Å²) in [6, 6.07) is 5.32. The predicted octanol–water partition coefficient (Wildman–Crippen LogP) is 3.77. The Morgan fingerprint density at radius 2 is 2.09 bits per heavy atom. The molecule has 0 radical (unpaired) electrons. The van der Waals surface area contributed by atoms with Gasteiger partial charge < -0.3 is 10.5 Å². The van der Waals surface area contributed by atoms with Crippen molar-refractivity contribution in [2.24, 2.45) is 7.05 Å². The third kappa shape index (κ3) is 3.75. The molecule has 1 aromatic carbocycles. The second kappa shape index (κ2) is 8.45. The summed E-state index contributed by atoms with van der Waals surface area (Å²) in [6.07, 6.45) is 10.6. The fourth-order valence-corrected chi connectivity index (χ4v) is 4.38. The number of pyridine rings is 2. The van der Waals surface area contributed by atoms with Gasteiger partial charge in [0.05, 0.1) is 53.4 Å². The zero-order chi connectivity index (χ0) is 24.0. The molecule has 1 amide bonds. The van der Waals surface area contributed by atoms with E-state index in [0.29, 0.717) is 47.1 Å². The van der Waals surface area contributed by atoms with Crippen LogP contribution in [0.25, 0.3) is 10.9 Å². The first-order valence-corrected chi connectivity index (χ1v) is 10.9. The minimum atomic E-state index is -0.287. The average Bonchev–Trinajstić information content (AvgIpc) is 3.47. The zero-order valence-corrected chi connectivity index (χ0v) is 19.4. The first kappa shape index (κ1) is 21.9. The normalized spacial score (nSPS) is 12.5. The molecule has 0 unspecified atom stereocenters. The first-order chi connectivity index (χ1) is 16.4. The van der Waals surface area contributed by atoms with E-state index in [2.05, 4.69) is 21.0 Å². The fraction of sp³-hybridized carbons (Fsp3) is 0.200. The van der Waals surface area contributed by atoms with Crippen LogP contribution in [0.2, 0.25) is 5.02 Å². The minimum Gasteiger partial charge on any atom is -0.383 e. The molecule has 0 aliphatic carbocycles. The monoisotopic (exact) mass is 472 g/mol. The molecule has 4 heterocycles. The molecule has 34 heavy (non-hydrogen) atoms. The molecule has 0 bridgehead atoms. The molecule has 0 fully saturated rings. The quantitative estimate of drug-likeness (QED) is 0.454. The second-order valence-electron chi connectivity index (χ2n) is 8.19. The topological polar surface area (TPSA) is 99.2 Å². The van der Waals surface area contributed by atoms with Gasteiger partial charge in [0.1, 0.15) is 5.82 Å². The van der Waals surface area contributed by atoms with Crippen LogP contribution in [-0.4, -0.2) is 25.7 Å². The summed E-state index contributed by atoms with van der Waals surface area (Å²) in [5.41, 5.74) is 11.8. The average molecular weight is 473 g/mol. The largest absolute Gasteiger partial charge is 0.383 e. The Morgan fingerprint density at radius 3 is 2.79 bits per heavy atom. The lowest BCUT2D eigenvalue weighted by atomic mass is 10.0. The summed E-state index contributed by atoms with van der Waals surface area (Å²) in [4.78, 5) is 24.4. The molecule has 8 nitrogen and oxygen atoms in total. The van der Waals surface area contributed by atoms with Crippen LogP contribution < -0.4 is 10.6 Å². The lowest BCUT2D eigenvalue weighted by Crippen LogP contribution is -2.31. The van der Waals surface area contributed by atoms with Crippen molar-refractivity contribution in [3.8, 4) is 12.3 Å². The number of nitrogen functional groups attached to an aromatic ring is 1. The molecule has 0 saturated heterocycles. The number of benzene rings is 1. The van der Waals surface area contributed by atoms with Gasteiger partial charge in [-0.2, -0.15) is 5.10 Å². The molecule has 1 aliphatic heterocycles. The molecule has 0 spiro atoms. The number of ether oxygens (including phenoxy) is 1. The Hall–Kier alpha value is -3.93. The molecule has 1 aliphatic rings. The van der Waals surface area contributed by atoms with Gasteiger partial charge in [0.25, 0.3) is 5.91 Å². The van der Waals surface area contributed by atoms with Crippen LogP contribution >= 0.6 is 11.6 Å². The highest BCUT2D eigenvalue weighted by atomic mass is 35.5. The van der Waals surface area contributed by atoms with Crippen LogP contribution in [-0.2, 0) is 31.5 Å². The van der Waals surface area contributed by atoms with E-state index in [1.807, 2.05) is 13.0 Å². The molecule has 9 heteroatoms. The third-order valence-electron chi connectivity index (χ3n) is 5.94. The molecule has 5 rings (SSSR count). The zero-order valence-electron chi connectivity index (χ0n) is 18.7. The van der Waals surface area contributed by atoms with Gasteiger partial charge in [-0.1, -0.05) is 17.5 Å². The number of nitrogens with two attached hydrogens (primary N) is 1. The van der Waals surface area contributed by atoms with Gasteiger partial charge in [0.2, 0.25) is 0 Å². The van der Waals surface area contributed by atoms with Gasteiger partial charge in [-0.25, -0.2) is 4.98 Å². The number of nitrogens with zero attached hydrogens (tertiary/aromatic N) is 5. The number of carbonyl (C=O) groups is 1. The molecule has 2 N–H and O–H groups in total. The van der Waals surface area contributed by atoms with Crippen molar-refractivity contribution in [1.82, 2.24) is 19.7 Å². The Kier molecular flexibility index (Phi) is 5.44. The van der Waals surface area contributed by atoms with Gasteiger partial charge in [0, 0.05) is 36.0 Å². The van der Waals surface area contributed by atoms with E-state index < -0.39 is 0 Å². The Balaban J connectivity index is 1.60. The van der Waals surface area contributed by atoms with Crippen LogP contribution in [0.4, 0.5) is 11.5 Å². The number of aryl methyl sites for hydroxylation is 2. The molecule has 4 aromatic rings. The molecular weight excluding hydrogens is 452 g/mol. The molecule has 3 aromatic heterocycles. The lowest BCUT2D eigenvalue weighted by molar-refractivity contribution is 0.0985. The number of hydrogen-bond donors (Lipinski definition) is 1. The number of anilines is 2. The highest BCUT2D eigenvalue weighted by molar-refractivity contribution is 6.35. The highest BCUT2D eigenvalue weighted by Crippen LogP contribution is 2.34. The van der Waals surface area contributed by atoms with Crippen molar-refractivity contribution in [1.29, 1.82) is 0 Å². The summed E-state index contributed by atoms with van der Waals surface area (Å²) in [5, 5.41) is 5.31. The van der Waals surface area contributed by atoms with Crippen molar-refractivity contribution >= 4 is 39.9 Å². The van der Waals surface area contributed by atoms with E-state index in [1.54, 1.807) is 47.4 Å². The van der Waals surface area contributed by atoms with Gasteiger partial charge in [-0.3, -0.25) is 19.4 Å². The first-order valence-electron chi connectivity index (χ1n) is 10.6. The van der Waals surface area contributed by atoms with Crippen molar-refractivity contribution in [3.05, 3.63) is 75.3 Å². The summed E-state index contributed by atoms with van der Waals surface area (Å²) in [5.74, 6) is 2.74. The van der Waals surface area contributed by atoms with Crippen LogP contribution in [0.1, 0.15) is 38.3 Å². The molecule has 0 saturated carbocycles. The third-order valence-corrected chi connectivity index (χ3v) is 6.25. The summed E-state index contributed by atoms with van der Waals surface area (Å²) in [6.45, 7) is 2.94. The molecular formula is C25H21ClN6O2. The van der Waals surface area contributed by atoms with Gasteiger partial charge >= 0.3 is 0 Å². The van der Waals surface area contributed by atoms with Crippen LogP contribution in [0.15, 0.2) is 36.8 Å². The van der Waals surface area contributed by atoms with E-state index in [-0.39, 0.29) is 17.5 Å². The number of carbonyl (C=O) groups excluding carboxylic acids is 1. The van der Waals surface area contributed by atoms with E-state index in [0.717, 1.165) is 22.1 Å². The number of hydrogen-bond acceptors (Lipinski definition) is 6. The van der Waals surface area contributed by atoms with Crippen LogP contribution in [0.3, 0.4) is 0 Å². The lowest BCUT2D eigenvalue weighted by Gasteiger charge is -2.22. The Labute approximate surface area is 201 Å². The number of terminal acetylenes is 1. The molecule has 0 atom stereocenters. The maximum absolute atomic E-state index is 13.9. The number of rotatable bonds is 4. The molecule has 170 valence electrons. The van der Waals surface area contributed by atoms with Crippen molar-refractivity contribution in [3.63, 3.8) is 0 Å².